The van der Waals surface area contributed by atoms with Crippen molar-refractivity contribution in [3.63, 3.8) is 0 Å². The average Bonchev–Trinajstić information content (AvgIpc) is 3.35. The number of nitrogens with zero attached hydrogens (tertiary/aromatic N) is 3. The zero-order chi connectivity index (χ0) is 17.2. The second-order valence-corrected chi connectivity index (χ2v) is 7.72. The number of fused-ring (bicyclic) bond motifs is 1. The van der Waals surface area contributed by atoms with E-state index in [0.29, 0.717) is 6.54 Å². The van der Waals surface area contributed by atoms with E-state index in [-0.39, 0.29) is 6.04 Å². The number of benzene rings is 1. The number of anilines is 1. The molecule has 0 saturated carbocycles. The van der Waals surface area contributed by atoms with E-state index in [2.05, 4.69) is 48.6 Å². The highest BCUT2D eigenvalue weighted by atomic mass is 32.1. The van der Waals surface area contributed by atoms with Gasteiger partial charge in [-0.3, -0.25) is 5.10 Å². The minimum absolute atomic E-state index is 0.0480. The first-order valence-electron chi connectivity index (χ1n) is 7.98. The molecule has 0 fully saturated rings. The molecule has 3 heterocycles. The summed E-state index contributed by atoms with van der Waals surface area (Å²) in [6, 6.07) is 8.32. The van der Waals surface area contributed by atoms with Crippen LogP contribution in [0.4, 0.5) is 5.13 Å². The average molecular weight is 371 g/mol. The van der Waals surface area contributed by atoms with Crippen molar-refractivity contribution >= 4 is 38.7 Å². The fourth-order valence-electron chi connectivity index (χ4n) is 2.69. The number of aromatic amines is 1. The van der Waals surface area contributed by atoms with Gasteiger partial charge in [0.05, 0.1) is 11.2 Å². The summed E-state index contributed by atoms with van der Waals surface area (Å²) in [4.78, 5) is 0. The van der Waals surface area contributed by atoms with Crippen LogP contribution in [0.5, 0.6) is 0 Å². The summed E-state index contributed by atoms with van der Waals surface area (Å²) in [7, 11) is 0. The zero-order valence-electron chi connectivity index (χ0n) is 13.7. The first kappa shape index (κ1) is 16.2. The lowest BCUT2D eigenvalue weighted by Crippen LogP contribution is -2.31. The molecule has 0 radical (unpaired) electrons. The molecule has 4 rings (SSSR count). The van der Waals surface area contributed by atoms with Crippen LogP contribution in [0, 0.1) is 6.92 Å². The molecule has 0 saturated heterocycles. The van der Waals surface area contributed by atoms with Gasteiger partial charge in [0, 0.05) is 23.5 Å². The second-order valence-electron chi connectivity index (χ2n) is 5.96. The summed E-state index contributed by atoms with van der Waals surface area (Å²) < 4.78 is 0. The van der Waals surface area contributed by atoms with Gasteiger partial charge < -0.3 is 11.1 Å². The van der Waals surface area contributed by atoms with E-state index < -0.39 is 0 Å². The molecule has 25 heavy (non-hydrogen) atoms. The molecule has 8 heteroatoms. The smallest absolute Gasteiger partial charge is 0.206 e. The number of hydrogen-bond acceptors (Lipinski definition) is 7. The van der Waals surface area contributed by atoms with Gasteiger partial charge in [-0.05, 0) is 53.9 Å². The molecule has 0 amide bonds. The van der Waals surface area contributed by atoms with Crippen LogP contribution in [0.15, 0.2) is 35.0 Å². The van der Waals surface area contributed by atoms with Crippen LogP contribution < -0.4 is 11.1 Å². The lowest BCUT2D eigenvalue weighted by Gasteiger charge is -2.10. The van der Waals surface area contributed by atoms with Crippen LogP contribution in [0.3, 0.4) is 0 Å². The number of nitrogens with one attached hydrogen (secondary N) is 2. The number of thiophene rings is 1. The predicted octanol–water partition coefficient (Wildman–Crippen LogP) is 3.43. The maximum atomic E-state index is 6.19. The Kier molecular flexibility index (Phi) is 4.48. The van der Waals surface area contributed by atoms with Crippen molar-refractivity contribution in [2.45, 2.75) is 19.4 Å². The van der Waals surface area contributed by atoms with Crippen molar-refractivity contribution in [3.05, 3.63) is 46.3 Å². The van der Waals surface area contributed by atoms with Crippen LogP contribution in [0.25, 0.3) is 21.5 Å². The Hall–Kier alpha value is -2.29. The standard InChI is InChI=1S/C17H18N6S2/c1-10-14-7-12(2-3-15(14)21-20-10)16-22-23-17(25-16)19-8-13(18)6-11-4-5-24-9-11/h2-5,7,9,13H,6,8,18H2,1H3,(H,19,23)(H,20,21)/t13-/m1/s1. The molecule has 0 spiro atoms. The van der Waals surface area contributed by atoms with E-state index in [9.17, 15) is 0 Å². The molecule has 1 aromatic carbocycles. The van der Waals surface area contributed by atoms with Gasteiger partial charge in [0.2, 0.25) is 5.13 Å². The molecule has 6 nitrogen and oxygen atoms in total. The van der Waals surface area contributed by atoms with E-state index in [1.54, 1.807) is 11.3 Å². The van der Waals surface area contributed by atoms with Crippen molar-refractivity contribution in [1.82, 2.24) is 20.4 Å². The summed E-state index contributed by atoms with van der Waals surface area (Å²) in [5.41, 5.74) is 10.5. The summed E-state index contributed by atoms with van der Waals surface area (Å²) in [6.45, 7) is 2.66. The Bertz CT molecular complexity index is 972. The quantitative estimate of drug-likeness (QED) is 0.483. The lowest BCUT2D eigenvalue weighted by atomic mass is 10.1. The maximum absolute atomic E-state index is 6.19. The molecule has 0 aliphatic heterocycles. The highest BCUT2D eigenvalue weighted by Crippen LogP contribution is 2.29. The molecule has 128 valence electrons. The van der Waals surface area contributed by atoms with Gasteiger partial charge in [0.25, 0.3) is 0 Å². The summed E-state index contributed by atoms with van der Waals surface area (Å²) in [6.07, 6.45) is 0.860. The maximum Gasteiger partial charge on any atom is 0.206 e. The SMILES string of the molecule is Cc1n[nH]c2ccc(-c3nnc(NC[C@H](N)Cc4ccsc4)s3)cc12. The Morgan fingerprint density at radius 1 is 1.28 bits per heavy atom. The molecular formula is C17H18N6S2. The minimum atomic E-state index is 0.0480. The first-order chi connectivity index (χ1) is 12.2. The van der Waals surface area contributed by atoms with Gasteiger partial charge in [-0.2, -0.15) is 16.4 Å². The van der Waals surface area contributed by atoms with Crippen molar-refractivity contribution in [3.8, 4) is 10.6 Å². The highest BCUT2D eigenvalue weighted by molar-refractivity contribution is 7.18. The van der Waals surface area contributed by atoms with Crippen molar-refractivity contribution in [1.29, 1.82) is 0 Å². The third kappa shape index (κ3) is 3.55. The molecule has 0 unspecified atom stereocenters. The van der Waals surface area contributed by atoms with Gasteiger partial charge in [-0.1, -0.05) is 11.3 Å². The molecular weight excluding hydrogens is 352 g/mol. The fraction of sp³-hybridized carbons (Fsp3) is 0.235. The molecule has 1 atom stereocenters. The molecule has 3 aromatic heterocycles. The second kappa shape index (κ2) is 6.91. The van der Waals surface area contributed by atoms with Crippen LogP contribution in [-0.4, -0.2) is 33.0 Å². The summed E-state index contributed by atoms with van der Waals surface area (Å²) >= 11 is 3.23. The number of nitrogens with two attached hydrogens (primary N) is 1. The highest BCUT2D eigenvalue weighted by Gasteiger charge is 2.11. The molecule has 4 N–H and O–H groups in total. The topological polar surface area (TPSA) is 92.5 Å². The number of hydrogen-bond donors (Lipinski definition) is 3. The first-order valence-corrected chi connectivity index (χ1v) is 9.74. The van der Waals surface area contributed by atoms with E-state index in [1.165, 1.54) is 16.9 Å². The lowest BCUT2D eigenvalue weighted by molar-refractivity contribution is 0.700. The van der Waals surface area contributed by atoms with Gasteiger partial charge >= 0.3 is 0 Å². The largest absolute Gasteiger partial charge is 0.359 e. The third-order valence-corrected chi connectivity index (χ3v) is 5.68. The summed E-state index contributed by atoms with van der Waals surface area (Å²) in [5.74, 6) is 0. The van der Waals surface area contributed by atoms with Crippen LogP contribution >= 0.6 is 22.7 Å². The van der Waals surface area contributed by atoms with Gasteiger partial charge in [-0.25, -0.2) is 0 Å². The Morgan fingerprint density at radius 2 is 2.20 bits per heavy atom. The Labute approximate surface area is 153 Å². The number of H-pyrrole nitrogens is 1. The van der Waals surface area contributed by atoms with E-state index in [1.807, 2.05) is 19.1 Å². The molecule has 0 aliphatic rings. The van der Waals surface area contributed by atoms with Crippen molar-refractivity contribution < 1.29 is 0 Å². The Morgan fingerprint density at radius 3 is 3.04 bits per heavy atom. The number of rotatable bonds is 6. The van der Waals surface area contributed by atoms with Gasteiger partial charge in [0.1, 0.15) is 5.01 Å². The van der Waals surface area contributed by atoms with Crippen LogP contribution in [-0.2, 0) is 6.42 Å². The molecule has 0 aliphatic carbocycles. The normalized spacial score (nSPS) is 12.6. The zero-order valence-corrected chi connectivity index (χ0v) is 15.3. The fourth-order valence-corrected chi connectivity index (χ4v) is 4.12. The van der Waals surface area contributed by atoms with Crippen LogP contribution in [0.1, 0.15) is 11.3 Å². The number of aromatic nitrogens is 4. The van der Waals surface area contributed by atoms with E-state index >= 15 is 0 Å². The van der Waals surface area contributed by atoms with E-state index in [4.69, 9.17) is 5.73 Å². The predicted molar refractivity (Wildman–Crippen MR) is 104 cm³/mol. The Balaban J connectivity index is 1.43. The van der Waals surface area contributed by atoms with Gasteiger partial charge in [0.15, 0.2) is 0 Å². The van der Waals surface area contributed by atoms with E-state index in [0.717, 1.165) is 38.7 Å². The van der Waals surface area contributed by atoms with Crippen molar-refractivity contribution in [2.75, 3.05) is 11.9 Å². The van der Waals surface area contributed by atoms with Crippen LogP contribution in [0.2, 0.25) is 0 Å². The molecule has 4 aromatic rings. The molecule has 0 bridgehead atoms. The number of aryl methyl sites for hydroxylation is 1. The third-order valence-electron chi connectivity index (χ3n) is 4.02. The minimum Gasteiger partial charge on any atom is -0.359 e. The van der Waals surface area contributed by atoms with Crippen molar-refractivity contribution in [2.24, 2.45) is 5.73 Å². The summed E-state index contributed by atoms with van der Waals surface area (Å²) in [5, 5.41) is 26.1. The monoisotopic (exact) mass is 370 g/mol. The van der Waals surface area contributed by atoms with Gasteiger partial charge in [-0.15, -0.1) is 10.2 Å².